The Hall–Kier alpha value is -3.40. The molecular weight excluding hydrogens is 400 g/mol. The van der Waals surface area contributed by atoms with Crippen LogP contribution in [0.4, 0.5) is 11.4 Å². The number of rotatable bonds is 8. The number of esters is 1. The summed E-state index contributed by atoms with van der Waals surface area (Å²) < 4.78 is 9.86. The zero-order valence-corrected chi connectivity index (χ0v) is 16.7. The van der Waals surface area contributed by atoms with Gasteiger partial charge in [0.15, 0.2) is 18.1 Å². The van der Waals surface area contributed by atoms with Crippen LogP contribution in [0.5, 0.6) is 5.75 Å². The van der Waals surface area contributed by atoms with E-state index in [4.69, 9.17) is 9.47 Å². The third-order valence-corrected chi connectivity index (χ3v) is 4.57. The zero-order valence-electron chi connectivity index (χ0n) is 15.9. The number of amides is 1. The number of nitro benzene ring substituents is 1. The van der Waals surface area contributed by atoms with Gasteiger partial charge in [-0.2, -0.15) is 0 Å². The third kappa shape index (κ3) is 5.55. The van der Waals surface area contributed by atoms with E-state index < -0.39 is 23.3 Å². The van der Waals surface area contributed by atoms with E-state index in [0.717, 1.165) is 11.0 Å². The number of nitrogens with zero attached hydrogens (tertiary/aromatic N) is 1. The van der Waals surface area contributed by atoms with Crippen molar-refractivity contribution in [1.29, 1.82) is 0 Å². The molecule has 0 saturated heterocycles. The number of Topliss-reactive ketones (excluding diaryl/α,β-unsaturated/α-hetero) is 1. The van der Waals surface area contributed by atoms with Crippen LogP contribution in [-0.2, 0) is 9.53 Å². The maximum Gasteiger partial charge on any atom is 0.338 e. The molecule has 29 heavy (non-hydrogen) atoms. The highest BCUT2D eigenvalue weighted by molar-refractivity contribution is 7.98. The van der Waals surface area contributed by atoms with Crippen molar-refractivity contribution in [3.05, 3.63) is 57.6 Å². The summed E-state index contributed by atoms with van der Waals surface area (Å²) in [5.74, 6) is -1.65. The number of ketones is 1. The smallest absolute Gasteiger partial charge is 0.338 e. The predicted molar refractivity (Wildman–Crippen MR) is 107 cm³/mol. The maximum absolute atomic E-state index is 12.4. The van der Waals surface area contributed by atoms with Crippen molar-refractivity contribution in [2.75, 3.05) is 25.3 Å². The Kier molecular flexibility index (Phi) is 7.32. The number of benzene rings is 2. The largest absolute Gasteiger partial charge is 0.490 e. The van der Waals surface area contributed by atoms with Gasteiger partial charge in [0.2, 0.25) is 5.91 Å². The molecule has 0 aliphatic heterocycles. The van der Waals surface area contributed by atoms with Crippen LogP contribution in [0.3, 0.4) is 0 Å². The van der Waals surface area contributed by atoms with Gasteiger partial charge in [0.25, 0.3) is 0 Å². The molecule has 2 rings (SSSR count). The van der Waals surface area contributed by atoms with E-state index in [1.54, 1.807) is 12.1 Å². The zero-order chi connectivity index (χ0) is 21.6. The average Bonchev–Trinajstić information content (AvgIpc) is 2.70. The van der Waals surface area contributed by atoms with Gasteiger partial charge >= 0.3 is 11.7 Å². The van der Waals surface area contributed by atoms with Crippen molar-refractivity contribution >= 4 is 40.8 Å². The van der Waals surface area contributed by atoms with Crippen molar-refractivity contribution < 1.29 is 28.8 Å². The first kappa shape index (κ1) is 21.9. The lowest BCUT2D eigenvalue weighted by Crippen LogP contribution is -2.15. The summed E-state index contributed by atoms with van der Waals surface area (Å²) in [6.07, 6.45) is 1.83. The number of hydrogen-bond acceptors (Lipinski definition) is 8. The van der Waals surface area contributed by atoms with Gasteiger partial charge < -0.3 is 14.8 Å². The molecule has 2 aromatic rings. The van der Waals surface area contributed by atoms with Crippen molar-refractivity contribution in [1.82, 2.24) is 0 Å². The lowest BCUT2D eigenvalue weighted by Gasteiger charge is -2.10. The second kappa shape index (κ2) is 9.69. The molecule has 0 aliphatic rings. The second-order valence-corrected chi connectivity index (χ2v) is 6.59. The van der Waals surface area contributed by atoms with E-state index in [1.165, 1.54) is 44.0 Å². The molecule has 152 valence electrons. The third-order valence-electron chi connectivity index (χ3n) is 3.78. The monoisotopic (exact) mass is 418 g/mol. The van der Waals surface area contributed by atoms with Crippen LogP contribution in [0, 0.1) is 10.1 Å². The van der Waals surface area contributed by atoms with Gasteiger partial charge in [0.05, 0.1) is 23.3 Å². The number of hydrogen-bond donors (Lipinski definition) is 1. The van der Waals surface area contributed by atoms with Crippen LogP contribution in [0.2, 0.25) is 0 Å². The first-order valence-electron chi connectivity index (χ1n) is 8.25. The number of carbonyl (C=O) groups is 3. The van der Waals surface area contributed by atoms with Crippen molar-refractivity contribution in [3.8, 4) is 5.75 Å². The van der Waals surface area contributed by atoms with Crippen LogP contribution >= 0.6 is 11.8 Å². The number of nitro groups is 1. The van der Waals surface area contributed by atoms with Crippen LogP contribution in [0.15, 0.2) is 41.3 Å². The molecule has 0 spiro atoms. The topological polar surface area (TPSA) is 125 Å². The predicted octanol–water partition coefficient (Wildman–Crippen LogP) is 3.32. The van der Waals surface area contributed by atoms with Crippen molar-refractivity contribution in [2.24, 2.45) is 0 Å². The van der Waals surface area contributed by atoms with E-state index in [1.807, 2.05) is 6.26 Å². The second-order valence-electron chi connectivity index (χ2n) is 5.74. The van der Waals surface area contributed by atoms with E-state index in [2.05, 4.69) is 5.32 Å². The van der Waals surface area contributed by atoms with Gasteiger partial charge in [-0.25, -0.2) is 4.79 Å². The summed E-state index contributed by atoms with van der Waals surface area (Å²) in [5.41, 5.74) is 0.260. The van der Waals surface area contributed by atoms with Gasteiger partial charge in [0, 0.05) is 23.4 Å². The molecule has 1 N–H and O–H groups in total. The molecule has 0 aliphatic carbocycles. The SMILES string of the molecule is COc1ccc(C(=O)OCC(=O)c2ccc(SC)c(NC(C)=O)c2)cc1[N+](=O)[O-]. The highest BCUT2D eigenvalue weighted by atomic mass is 32.2. The fraction of sp³-hybridized carbons (Fsp3) is 0.211. The molecule has 0 saturated carbocycles. The summed E-state index contributed by atoms with van der Waals surface area (Å²) in [6, 6.07) is 8.34. The summed E-state index contributed by atoms with van der Waals surface area (Å²) in [7, 11) is 1.27. The fourth-order valence-corrected chi connectivity index (χ4v) is 2.96. The number of thioether (sulfide) groups is 1. The summed E-state index contributed by atoms with van der Waals surface area (Å²) in [5, 5.41) is 13.7. The number of carbonyl (C=O) groups excluding carboxylic acids is 3. The summed E-state index contributed by atoms with van der Waals surface area (Å²) in [6.45, 7) is 0.797. The normalized spacial score (nSPS) is 10.2. The number of methoxy groups -OCH3 is 1. The number of nitrogens with one attached hydrogen (secondary N) is 1. The van der Waals surface area contributed by atoms with Gasteiger partial charge in [-0.05, 0) is 30.5 Å². The molecule has 0 radical (unpaired) electrons. The standard InChI is InChI=1S/C19H18N2O7S/c1-11(22)20-14-8-12(5-7-18(14)29-3)16(23)10-28-19(24)13-4-6-17(27-2)15(9-13)21(25)26/h4-9H,10H2,1-3H3,(H,20,22). The summed E-state index contributed by atoms with van der Waals surface area (Å²) in [4.78, 5) is 47.0. The summed E-state index contributed by atoms with van der Waals surface area (Å²) >= 11 is 1.40. The number of anilines is 1. The molecule has 0 atom stereocenters. The molecule has 0 heterocycles. The molecule has 2 aromatic carbocycles. The maximum atomic E-state index is 12.4. The Bertz CT molecular complexity index is 975. The van der Waals surface area contributed by atoms with Gasteiger partial charge in [-0.3, -0.25) is 19.7 Å². The number of ether oxygens (including phenoxy) is 2. The van der Waals surface area contributed by atoms with Gasteiger partial charge in [-0.1, -0.05) is 6.07 Å². The minimum atomic E-state index is -0.882. The molecule has 9 nitrogen and oxygen atoms in total. The van der Waals surface area contributed by atoms with Crippen LogP contribution in [0.25, 0.3) is 0 Å². The van der Waals surface area contributed by atoms with Gasteiger partial charge in [0.1, 0.15) is 0 Å². The highest BCUT2D eigenvalue weighted by Gasteiger charge is 2.20. The van der Waals surface area contributed by atoms with Gasteiger partial charge in [-0.15, -0.1) is 11.8 Å². The lowest BCUT2D eigenvalue weighted by molar-refractivity contribution is -0.385. The lowest BCUT2D eigenvalue weighted by atomic mass is 10.1. The first-order valence-corrected chi connectivity index (χ1v) is 9.47. The van der Waals surface area contributed by atoms with Crippen molar-refractivity contribution in [2.45, 2.75) is 11.8 Å². The highest BCUT2D eigenvalue weighted by Crippen LogP contribution is 2.28. The van der Waals surface area contributed by atoms with E-state index in [9.17, 15) is 24.5 Å². The van der Waals surface area contributed by atoms with E-state index in [0.29, 0.717) is 5.69 Å². The minimum absolute atomic E-state index is 0.00186. The Morgan fingerprint density at radius 2 is 1.83 bits per heavy atom. The average molecular weight is 418 g/mol. The Morgan fingerprint density at radius 1 is 1.14 bits per heavy atom. The first-order chi connectivity index (χ1) is 13.8. The molecule has 0 aromatic heterocycles. The Balaban J connectivity index is 2.12. The molecule has 1 amide bonds. The van der Waals surface area contributed by atoms with E-state index >= 15 is 0 Å². The Morgan fingerprint density at radius 3 is 2.41 bits per heavy atom. The minimum Gasteiger partial charge on any atom is -0.490 e. The molecule has 0 fully saturated rings. The molecule has 0 unspecified atom stereocenters. The molecule has 10 heteroatoms. The quantitative estimate of drug-likeness (QED) is 0.228. The molecular formula is C19H18N2O7S. The van der Waals surface area contributed by atoms with E-state index in [-0.39, 0.29) is 28.5 Å². The van der Waals surface area contributed by atoms with Crippen molar-refractivity contribution in [3.63, 3.8) is 0 Å². The fourth-order valence-electron chi connectivity index (χ4n) is 2.43. The van der Waals surface area contributed by atoms with Crippen LogP contribution < -0.4 is 10.1 Å². The molecule has 0 bridgehead atoms. The van der Waals surface area contributed by atoms with Crippen LogP contribution in [-0.4, -0.2) is 42.6 Å². The Labute approximate surface area is 170 Å². The van der Waals surface area contributed by atoms with Crippen LogP contribution in [0.1, 0.15) is 27.6 Å².